The average molecular weight is 514 g/mol. The van der Waals surface area contributed by atoms with E-state index in [1.54, 1.807) is 25.4 Å². The predicted octanol–water partition coefficient (Wildman–Crippen LogP) is 6.43. The molecule has 3 aromatic heterocycles. The number of halogens is 1. The van der Waals surface area contributed by atoms with Crippen LogP contribution >= 0.6 is 11.6 Å². The largest absolute Gasteiger partial charge is 0.455 e. The van der Waals surface area contributed by atoms with Crippen LogP contribution < -0.4 is 15.6 Å². The van der Waals surface area contributed by atoms with Gasteiger partial charge in [0, 0.05) is 48.1 Å². The van der Waals surface area contributed by atoms with E-state index >= 15 is 0 Å². The summed E-state index contributed by atoms with van der Waals surface area (Å²) in [6.07, 6.45) is 4.99. The summed E-state index contributed by atoms with van der Waals surface area (Å²) in [6.45, 7) is 7.29. The van der Waals surface area contributed by atoms with Gasteiger partial charge in [0.15, 0.2) is 11.2 Å². The summed E-state index contributed by atoms with van der Waals surface area (Å²) in [4.78, 5) is 24.4. The zero-order valence-corrected chi connectivity index (χ0v) is 21.8. The van der Waals surface area contributed by atoms with E-state index in [0.29, 0.717) is 27.4 Å². The third-order valence-electron chi connectivity index (χ3n) is 6.97. The molecule has 0 saturated carbocycles. The van der Waals surface area contributed by atoms with Crippen LogP contribution in [0.1, 0.15) is 42.5 Å². The van der Waals surface area contributed by atoms with Crippen LogP contribution in [0, 0.1) is 31.1 Å². The number of pyridine rings is 2. The van der Waals surface area contributed by atoms with Crippen molar-refractivity contribution in [1.82, 2.24) is 9.97 Å². The molecule has 1 atom stereocenters. The highest BCUT2D eigenvalue weighted by molar-refractivity contribution is 6.29. The van der Waals surface area contributed by atoms with Crippen LogP contribution in [0.3, 0.4) is 0 Å². The number of nitrogens with one attached hydrogen (secondary N) is 1. The van der Waals surface area contributed by atoms with Gasteiger partial charge >= 0.3 is 0 Å². The molecule has 0 spiro atoms. The Bertz CT molecular complexity index is 1550. The fraction of sp³-hybridized carbons (Fsp3) is 0.310. The fourth-order valence-electron chi connectivity index (χ4n) is 4.97. The quantitative estimate of drug-likeness (QED) is 0.307. The maximum Gasteiger partial charge on any atom is 0.196 e. The second-order valence-electron chi connectivity index (χ2n) is 9.62. The van der Waals surface area contributed by atoms with Crippen LogP contribution in [0.25, 0.3) is 22.3 Å². The molecule has 1 aliphatic heterocycles. The monoisotopic (exact) mass is 513 g/mol. The van der Waals surface area contributed by atoms with E-state index in [4.69, 9.17) is 16.0 Å². The Balaban J connectivity index is 1.56. The van der Waals surface area contributed by atoms with E-state index in [1.807, 2.05) is 44.2 Å². The molecular weight excluding hydrogens is 486 g/mol. The van der Waals surface area contributed by atoms with Crippen molar-refractivity contribution in [3.8, 4) is 17.4 Å². The normalized spacial score (nSPS) is 14.9. The molecule has 5 rings (SSSR count). The lowest BCUT2D eigenvalue weighted by Crippen LogP contribution is -2.34. The van der Waals surface area contributed by atoms with Crippen molar-refractivity contribution in [2.75, 3.05) is 23.3 Å². The first-order chi connectivity index (χ1) is 17.9. The van der Waals surface area contributed by atoms with E-state index in [1.165, 1.54) is 0 Å². The van der Waals surface area contributed by atoms with Crippen LogP contribution in [0.2, 0.25) is 5.15 Å². The number of aryl methyl sites for hydroxylation is 1. The Morgan fingerprint density at radius 3 is 2.70 bits per heavy atom. The lowest BCUT2D eigenvalue weighted by Gasteiger charge is -2.32. The molecular formula is C29H28ClN5O2. The zero-order chi connectivity index (χ0) is 26.1. The van der Waals surface area contributed by atoms with Gasteiger partial charge in [0.05, 0.1) is 23.2 Å². The molecule has 1 aromatic carbocycles. The van der Waals surface area contributed by atoms with Gasteiger partial charge in [0.1, 0.15) is 16.5 Å². The van der Waals surface area contributed by atoms with Crippen molar-refractivity contribution in [1.29, 1.82) is 5.26 Å². The zero-order valence-electron chi connectivity index (χ0n) is 21.1. The van der Waals surface area contributed by atoms with Crippen molar-refractivity contribution >= 4 is 34.1 Å². The van der Waals surface area contributed by atoms with Crippen LogP contribution in [0.5, 0.6) is 0 Å². The van der Waals surface area contributed by atoms with Gasteiger partial charge in [-0.15, -0.1) is 0 Å². The van der Waals surface area contributed by atoms with Gasteiger partial charge in [-0.2, -0.15) is 5.26 Å². The summed E-state index contributed by atoms with van der Waals surface area (Å²) in [7, 11) is 0. The molecule has 1 aliphatic rings. The molecule has 1 N–H and O–H groups in total. The lowest BCUT2D eigenvalue weighted by atomic mass is 9.98. The smallest absolute Gasteiger partial charge is 0.196 e. The Morgan fingerprint density at radius 1 is 1.22 bits per heavy atom. The molecule has 37 heavy (non-hydrogen) atoms. The Kier molecular flexibility index (Phi) is 6.86. The van der Waals surface area contributed by atoms with Crippen LogP contribution in [-0.4, -0.2) is 23.1 Å². The van der Waals surface area contributed by atoms with Crippen molar-refractivity contribution in [2.24, 2.45) is 5.92 Å². The number of rotatable bonds is 5. The van der Waals surface area contributed by atoms with E-state index in [-0.39, 0.29) is 17.4 Å². The Labute approximate surface area is 220 Å². The number of hydrogen-bond donors (Lipinski definition) is 1. The maximum absolute atomic E-state index is 13.4. The van der Waals surface area contributed by atoms with Gasteiger partial charge in [-0.05, 0) is 69.5 Å². The van der Waals surface area contributed by atoms with Gasteiger partial charge < -0.3 is 14.6 Å². The number of hydrogen-bond acceptors (Lipinski definition) is 7. The standard InChI is InChI=1S/C29H28ClN5O2/c1-17-13-22(28-23(14-17)26(36)18(2)27(37-28)21-5-4-10-32-16-21)19(3)33-24-6-7-25(30)34-29(24)35-11-8-20(15-31)9-12-35/h4-7,10,13-14,16,19-20,33H,8-9,11-12H2,1-3H3. The van der Waals surface area contributed by atoms with E-state index in [9.17, 15) is 10.1 Å². The van der Waals surface area contributed by atoms with Crippen molar-refractivity contribution in [3.63, 3.8) is 0 Å². The second kappa shape index (κ2) is 10.2. The topological polar surface area (TPSA) is 95.1 Å². The van der Waals surface area contributed by atoms with Gasteiger partial charge in [0.25, 0.3) is 0 Å². The van der Waals surface area contributed by atoms with Crippen molar-refractivity contribution < 1.29 is 4.42 Å². The fourth-order valence-corrected chi connectivity index (χ4v) is 5.12. The molecule has 8 heteroatoms. The third kappa shape index (κ3) is 4.90. The predicted molar refractivity (Wildman–Crippen MR) is 147 cm³/mol. The minimum Gasteiger partial charge on any atom is -0.455 e. The minimum absolute atomic E-state index is 0.0496. The van der Waals surface area contributed by atoms with E-state index in [0.717, 1.165) is 54.1 Å². The number of benzene rings is 1. The molecule has 4 aromatic rings. The molecule has 4 heterocycles. The molecule has 0 aliphatic carbocycles. The summed E-state index contributed by atoms with van der Waals surface area (Å²) in [6, 6.07) is 13.5. The average Bonchev–Trinajstić information content (AvgIpc) is 2.92. The summed E-state index contributed by atoms with van der Waals surface area (Å²) in [5, 5.41) is 13.8. The number of fused-ring (bicyclic) bond motifs is 1. The molecule has 1 saturated heterocycles. The van der Waals surface area contributed by atoms with Crippen molar-refractivity contribution in [3.05, 3.63) is 80.9 Å². The molecule has 0 bridgehead atoms. The molecule has 0 amide bonds. The van der Waals surface area contributed by atoms with Crippen LogP contribution in [0.4, 0.5) is 11.5 Å². The lowest BCUT2D eigenvalue weighted by molar-refractivity contribution is 0.485. The highest BCUT2D eigenvalue weighted by atomic mass is 35.5. The molecule has 7 nitrogen and oxygen atoms in total. The van der Waals surface area contributed by atoms with Crippen molar-refractivity contribution in [2.45, 2.75) is 39.7 Å². The van der Waals surface area contributed by atoms with Crippen LogP contribution in [-0.2, 0) is 0 Å². The molecule has 1 fully saturated rings. The first-order valence-corrected chi connectivity index (χ1v) is 12.8. The molecule has 0 radical (unpaired) electrons. The number of anilines is 2. The molecule has 188 valence electrons. The summed E-state index contributed by atoms with van der Waals surface area (Å²) >= 11 is 6.28. The minimum atomic E-state index is -0.201. The number of nitriles is 1. The molecule has 1 unspecified atom stereocenters. The summed E-state index contributed by atoms with van der Waals surface area (Å²) in [5.41, 5.74) is 4.51. The van der Waals surface area contributed by atoms with Crippen LogP contribution in [0.15, 0.2) is 58.0 Å². The van der Waals surface area contributed by atoms with Gasteiger partial charge in [-0.25, -0.2) is 4.98 Å². The number of aromatic nitrogens is 2. The van der Waals surface area contributed by atoms with Gasteiger partial charge in [0.2, 0.25) is 0 Å². The Morgan fingerprint density at radius 2 is 2.00 bits per heavy atom. The maximum atomic E-state index is 13.4. The van der Waals surface area contributed by atoms with Gasteiger partial charge in [-0.1, -0.05) is 17.7 Å². The highest BCUT2D eigenvalue weighted by Crippen LogP contribution is 2.35. The summed E-state index contributed by atoms with van der Waals surface area (Å²) < 4.78 is 6.44. The number of nitrogens with zero attached hydrogens (tertiary/aromatic N) is 4. The van der Waals surface area contributed by atoms with E-state index < -0.39 is 0 Å². The van der Waals surface area contributed by atoms with E-state index in [2.05, 4.69) is 26.3 Å². The van der Waals surface area contributed by atoms with Gasteiger partial charge in [-0.3, -0.25) is 9.78 Å². The first-order valence-electron chi connectivity index (χ1n) is 12.4. The second-order valence-corrected chi connectivity index (χ2v) is 10.0. The summed E-state index contributed by atoms with van der Waals surface area (Å²) in [5.74, 6) is 1.36. The number of piperidine rings is 1. The Hall–Kier alpha value is -3.89. The first kappa shape index (κ1) is 24.8. The third-order valence-corrected chi connectivity index (χ3v) is 7.18. The highest BCUT2D eigenvalue weighted by Gasteiger charge is 2.24. The SMILES string of the molecule is Cc1cc(C(C)Nc2ccc(Cl)nc2N2CCC(C#N)CC2)c2oc(-c3cccnc3)c(C)c(=O)c2c1.